The summed E-state index contributed by atoms with van der Waals surface area (Å²) in [5, 5.41) is 13.6. The minimum Gasteiger partial charge on any atom is -0.463 e. The molecule has 0 amide bonds. The second-order valence-electron chi connectivity index (χ2n) is 4.21. The highest BCUT2D eigenvalue weighted by molar-refractivity contribution is 9.10. The summed E-state index contributed by atoms with van der Waals surface area (Å²) in [5.74, 6) is -0.851. The smallest absolute Gasteiger partial charge is 0.343 e. The molecule has 0 spiro atoms. The van der Waals surface area contributed by atoms with Gasteiger partial charge in [0.2, 0.25) is 0 Å². The number of rotatable bonds is 2. The molecule has 0 aromatic heterocycles. The van der Waals surface area contributed by atoms with Gasteiger partial charge in [0.1, 0.15) is 0 Å². The quantitative estimate of drug-likeness (QED) is 0.819. The lowest BCUT2D eigenvalue weighted by molar-refractivity contribution is -0.155. The van der Waals surface area contributed by atoms with Crippen LogP contribution >= 0.6 is 15.9 Å². The topological polar surface area (TPSA) is 58.6 Å². The van der Waals surface area contributed by atoms with Crippen LogP contribution in [-0.4, -0.2) is 24.7 Å². The number of carbonyl (C=O) groups is 1. The molecule has 0 saturated carbocycles. The molecule has 1 heterocycles. The summed E-state index contributed by atoms with van der Waals surface area (Å²) >= 11 is 3.35. The zero-order chi connectivity index (χ0) is 12.6. The van der Waals surface area contributed by atoms with Gasteiger partial charge in [-0.2, -0.15) is 0 Å². The van der Waals surface area contributed by atoms with Crippen molar-refractivity contribution in [3.63, 3.8) is 0 Å². The summed E-state index contributed by atoms with van der Waals surface area (Å²) in [4.78, 5) is 11.8. The highest BCUT2D eigenvalue weighted by atomic mass is 79.9. The molecular formula is C12H14BrNO3. The second kappa shape index (κ2) is 4.31. The molecule has 0 unspecified atom stereocenters. The normalized spacial score (nSPS) is 28.0. The number of hydrogen-bond donors (Lipinski definition) is 2. The van der Waals surface area contributed by atoms with Gasteiger partial charge in [-0.15, -0.1) is 0 Å². The molecule has 92 valence electrons. The Morgan fingerprint density at radius 2 is 2.29 bits per heavy atom. The number of aliphatic hydroxyl groups is 1. The Bertz CT molecular complexity index is 463. The van der Waals surface area contributed by atoms with Gasteiger partial charge in [-0.25, -0.2) is 4.79 Å². The fraction of sp³-hybridized carbons (Fsp3) is 0.417. The Hall–Kier alpha value is -1.07. The van der Waals surface area contributed by atoms with Gasteiger partial charge in [0.25, 0.3) is 0 Å². The van der Waals surface area contributed by atoms with Crippen LogP contribution in [0.5, 0.6) is 0 Å². The minimum atomic E-state index is -1.57. The molecule has 2 rings (SSSR count). The van der Waals surface area contributed by atoms with E-state index in [1.165, 1.54) is 0 Å². The van der Waals surface area contributed by atoms with Gasteiger partial charge in [0, 0.05) is 28.7 Å². The van der Waals surface area contributed by atoms with Gasteiger partial charge in [-0.05, 0) is 18.2 Å². The Labute approximate surface area is 108 Å². The summed E-state index contributed by atoms with van der Waals surface area (Å²) in [6.07, 6.45) is 0. The van der Waals surface area contributed by atoms with Crippen LogP contribution < -0.4 is 5.32 Å². The highest BCUT2D eigenvalue weighted by Crippen LogP contribution is 2.40. The lowest BCUT2D eigenvalue weighted by atomic mass is 9.83. The summed E-state index contributed by atoms with van der Waals surface area (Å²) < 4.78 is 5.75. The van der Waals surface area contributed by atoms with Gasteiger partial charge in [0.15, 0.2) is 5.60 Å². The van der Waals surface area contributed by atoms with Crippen molar-refractivity contribution < 1.29 is 14.6 Å². The minimum absolute atomic E-state index is 0.241. The Morgan fingerprint density at radius 1 is 1.59 bits per heavy atom. The molecule has 2 atom stereocenters. The highest BCUT2D eigenvalue weighted by Gasteiger charge is 2.51. The first-order chi connectivity index (χ1) is 8.00. The van der Waals surface area contributed by atoms with Crippen molar-refractivity contribution in [3.8, 4) is 0 Å². The van der Waals surface area contributed by atoms with E-state index in [0.717, 1.165) is 10.2 Å². The number of esters is 1. The van der Waals surface area contributed by atoms with Gasteiger partial charge in [0.05, 0.1) is 6.61 Å². The van der Waals surface area contributed by atoms with E-state index in [2.05, 4.69) is 21.2 Å². The summed E-state index contributed by atoms with van der Waals surface area (Å²) in [6, 6.07) is 5.41. The van der Waals surface area contributed by atoms with Gasteiger partial charge in [-0.1, -0.05) is 22.9 Å². The summed E-state index contributed by atoms with van der Waals surface area (Å²) in [7, 11) is 1.75. The number of cyclic esters (lactones) is 1. The van der Waals surface area contributed by atoms with E-state index < -0.39 is 11.6 Å². The first-order valence-corrected chi connectivity index (χ1v) is 6.16. The molecule has 17 heavy (non-hydrogen) atoms. The van der Waals surface area contributed by atoms with Crippen LogP contribution in [0.1, 0.15) is 12.5 Å². The number of benzene rings is 1. The second-order valence-corrected chi connectivity index (χ2v) is 5.12. The molecule has 0 bridgehead atoms. The Balaban J connectivity index is 2.59. The predicted molar refractivity (Wildman–Crippen MR) is 67.7 cm³/mol. The predicted octanol–water partition coefficient (Wildman–Crippen LogP) is 1.87. The van der Waals surface area contributed by atoms with Crippen molar-refractivity contribution in [2.75, 3.05) is 19.0 Å². The molecule has 1 aliphatic rings. The zero-order valence-electron chi connectivity index (χ0n) is 9.66. The molecule has 0 radical (unpaired) electrons. The number of hydrogen-bond acceptors (Lipinski definition) is 4. The van der Waals surface area contributed by atoms with Crippen LogP contribution in [-0.2, 0) is 15.1 Å². The number of carbonyl (C=O) groups excluding carboxylic acids is 1. The van der Waals surface area contributed by atoms with Gasteiger partial charge in [-0.3, -0.25) is 0 Å². The van der Waals surface area contributed by atoms with Crippen molar-refractivity contribution >= 4 is 27.6 Å². The molecular weight excluding hydrogens is 286 g/mol. The third-order valence-electron chi connectivity index (χ3n) is 3.15. The Kier molecular flexibility index (Phi) is 3.14. The molecule has 1 aliphatic heterocycles. The van der Waals surface area contributed by atoms with Crippen molar-refractivity contribution in [1.82, 2.24) is 0 Å². The van der Waals surface area contributed by atoms with E-state index in [0.29, 0.717) is 5.56 Å². The van der Waals surface area contributed by atoms with Crippen molar-refractivity contribution in [2.45, 2.75) is 12.5 Å². The fourth-order valence-electron chi connectivity index (χ4n) is 2.06. The third-order valence-corrected chi connectivity index (χ3v) is 3.64. The van der Waals surface area contributed by atoms with Crippen molar-refractivity contribution in [1.29, 1.82) is 0 Å². The maximum atomic E-state index is 11.8. The number of nitrogens with one attached hydrogen (secondary N) is 1. The van der Waals surface area contributed by atoms with Crippen molar-refractivity contribution in [2.24, 2.45) is 5.92 Å². The van der Waals surface area contributed by atoms with E-state index in [4.69, 9.17) is 4.74 Å². The molecule has 1 fully saturated rings. The molecule has 1 saturated heterocycles. The van der Waals surface area contributed by atoms with Crippen LogP contribution in [0.25, 0.3) is 0 Å². The van der Waals surface area contributed by atoms with E-state index in [-0.39, 0.29) is 12.5 Å². The van der Waals surface area contributed by atoms with Crippen molar-refractivity contribution in [3.05, 3.63) is 28.2 Å². The Morgan fingerprint density at radius 3 is 2.82 bits per heavy atom. The number of ether oxygens (including phenoxy) is 1. The van der Waals surface area contributed by atoms with Gasteiger partial charge < -0.3 is 15.2 Å². The van der Waals surface area contributed by atoms with E-state index in [9.17, 15) is 9.90 Å². The first kappa shape index (κ1) is 12.4. The van der Waals surface area contributed by atoms with Gasteiger partial charge >= 0.3 is 5.97 Å². The van der Waals surface area contributed by atoms with Crippen LogP contribution in [0.3, 0.4) is 0 Å². The van der Waals surface area contributed by atoms with Crippen LogP contribution in [0.2, 0.25) is 0 Å². The zero-order valence-corrected chi connectivity index (χ0v) is 11.2. The SMILES string of the molecule is CNc1ccc(Br)cc1[C@@]1(O)C(=O)OC[C@H]1C. The molecule has 5 heteroatoms. The average molecular weight is 300 g/mol. The van der Waals surface area contributed by atoms with E-state index in [1.807, 2.05) is 12.1 Å². The largest absolute Gasteiger partial charge is 0.463 e. The molecule has 1 aromatic carbocycles. The molecule has 2 N–H and O–H groups in total. The maximum absolute atomic E-state index is 11.8. The monoisotopic (exact) mass is 299 g/mol. The molecule has 4 nitrogen and oxygen atoms in total. The number of anilines is 1. The summed E-state index contributed by atoms with van der Waals surface area (Å²) in [6.45, 7) is 2.04. The fourth-order valence-corrected chi connectivity index (χ4v) is 2.42. The molecule has 1 aromatic rings. The molecule has 0 aliphatic carbocycles. The van der Waals surface area contributed by atoms with E-state index in [1.54, 1.807) is 20.0 Å². The average Bonchev–Trinajstić information content (AvgIpc) is 2.58. The summed E-state index contributed by atoms with van der Waals surface area (Å²) in [5.41, 5.74) is -0.298. The van der Waals surface area contributed by atoms with Crippen LogP contribution in [0.15, 0.2) is 22.7 Å². The maximum Gasteiger partial charge on any atom is 0.343 e. The number of halogens is 1. The third kappa shape index (κ3) is 1.83. The van der Waals surface area contributed by atoms with Crippen LogP contribution in [0.4, 0.5) is 5.69 Å². The standard InChI is InChI=1S/C12H14BrNO3/c1-7-6-17-11(15)12(7,16)9-5-8(13)3-4-10(9)14-2/h3-5,7,14,16H,6H2,1-2H3/t7-,12-/m1/s1. The van der Waals surface area contributed by atoms with Crippen LogP contribution in [0, 0.1) is 5.92 Å². The first-order valence-electron chi connectivity index (χ1n) is 5.37. The van der Waals surface area contributed by atoms with E-state index >= 15 is 0 Å². The lowest BCUT2D eigenvalue weighted by Crippen LogP contribution is -2.37. The lowest BCUT2D eigenvalue weighted by Gasteiger charge is -2.25.